The molecule has 0 bridgehead atoms. The Bertz CT molecular complexity index is 853. The van der Waals surface area contributed by atoms with E-state index in [1.165, 1.54) is 12.1 Å². The number of alkyl halides is 3. The Kier molecular flexibility index (Phi) is 6.22. The quantitative estimate of drug-likeness (QED) is 0.807. The summed E-state index contributed by atoms with van der Waals surface area (Å²) in [5.41, 5.74) is 1.24. The van der Waals surface area contributed by atoms with Crippen LogP contribution in [-0.4, -0.2) is 29.2 Å². The van der Waals surface area contributed by atoms with Crippen molar-refractivity contribution in [1.29, 1.82) is 5.26 Å². The highest BCUT2D eigenvalue weighted by Crippen LogP contribution is 2.35. The summed E-state index contributed by atoms with van der Waals surface area (Å²) in [5.74, 6) is 0. The van der Waals surface area contributed by atoms with Gasteiger partial charge in [-0.3, -0.25) is 4.90 Å². The highest BCUT2D eigenvalue weighted by molar-refractivity contribution is 5.57. The molecule has 0 spiro atoms. The number of aliphatic hydroxyl groups excluding tert-OH is 1. The lowest BCUT2D eigenvalue weighted by Gasteiger charge is -2.30. The van der Waals surface area contributed by atoms with Gasteiger partial charge in [-0.2, -0.15) is 18.4 Å². The summed E-state index contributed by atoms with van der Waals surface area (Å²) in [6.45, 7) is 2.51. The van der Waals surface area contributed by atoms with Gasteiger partial charge < -0.3 is 10.4 Å². The Hall–Kier alpha value is -2.56. The van der Waals surface area contributed by atoms with E-state index in [4.69, 9.17) is 5.26 Å². The molecule has 28 heavy (non-hydrogen) atoms. The first-order chi connectivity index (χ1) is 13.4. The van der Waals surface area contributed by atoms with Gasteiger partial charge in [-0.05, 0) is 42.2 Å². The smallest absolute Gasteiger partial charge is 0.393 e. The van der Waals surface area contributed by atoms with Crippen LogP contribution >= 0.6 is 0 Å². The van der Waals surface area contributed by atoms with Crippen LogP contribution < -0.4 is 5.32 Å². The molecule has 1 aliphatic heterocycles. The Morgan fingerprint density at radius 3 is 2.43 bits per heavy atom. The number of piperidine rings is 1. The molecule has 0 saturated carbocycles. The number of nitriles is 1. The molecule has 0 aliphatic carbocycles. The maximum atomic E-state index is 13.3. The number of rotatable bonds is 5. The van der Waals surface area contributed by atoms with Gasteiger partial charge in [0.15, 0.2) is 0 Å². The SMILES string of the molecule is N#Cc1ccc(C(F)(F)F)c(NCc2ccccc2CN2CCC(O)CC2)c1. The molecule has 4 nitrogen and oxygen atoms in total. The molecule has 7 heteroatoms. The van der Waals surface area contributed by atoms with Crippen LogP contribution in [0.25, 0.3) is 0 Å². The number of likely N-dealkylation sites (tertiary alicyclic amines) is 1. The summed E-state index contributed by atoms with van der Waals surface area (Å²) in [6, 6.07) is 12.9. The highest BCUT2D eigenvalue weighted by atomic mass is 19.4. The standard InChI is InChI=1S/C21H22F3N3O/c22-21(23,24)19-6-5-15(12-25)11-20(19)26-13-16-3-1-2-4-17(16)14-27-9-7-18(28)8-10-27/h1-6,11,18,26,28H,7-10,13-14H2. The number of nitrogens with one attached hydrogen (secondary N) is 1. The minimum Gasteiger partial charge on any atom is -0.393 e. The fourth-order valence-corrected chi connectivity index (χ4v) is 3.40. The zero-order valence-corrected chi connectivity index (χ0v) is 15.3. The van der Waals surface area contributed by atoms with Crippen molar-refractivity contribution in [2.45, 2.75) is 38.2 Å². The lowest BCUT2D eigenvalue weighted by atomic mass is 10.0. The van der Waals surface area contributed by atoms with Crippen LogP contribution in [0.4, 0.5) is 18.9 Å². The first kappa shape index (κ1) is 20.2. The molecule has 2 aromatic rings. The average Bonchev–Trinajstić information content (AvgIpc) is 2.68. The minimum atomic E-state index is -4.50. The molecule has 2 aromatic carbocycles. The molecule has 0 aromatic heterocycles. The van der Waals surface area contributed by atoms with Gasteiger partial charge in [-0.15, -0.1) is 0 Å². The van der Waals surface area contributed by atoms with Gasteiger partial charge in [0.2, 0.25) is 0 Å². The second kappa shape index (κ2) is 8.63. The monoisotopic (exact) mass is 389 g/mol. The number of aliphatic hydroxyl groups is 1. The maximum absolute atomic E-state index is 13.3. The van der Waals surface area contributed by atoms with Crippen molar-refractivity contribution in [3.8, 4) is 6.07 Å². The van der Waals surface area contributed by atoms with Crippen LogP contribution in [-0.2, 0) is 19.3 Å². The fraction of sp³-hybridized carbons (Fsp3) is 0.381. The number of hydrogen-bond donors (Lipinski definition) is 2. The summed E-state index contributed by atoms with van der Waals surface area (Å²) in [6.07, 6.45) is -3.28. The number of hydrogen-bond acceptors (Lipinski definition) is 4. The predicted molar refractivity (Wildman–Crippen MR) is 100 cm³/mol. The average molecular weight is 389 g/mol. The van der Waals surface area contributed by atoms with E-state index in [1.54, 1.807) is 0 Å². The van der Waals surface area contributed by atoms with Gasteiger partial charge in [0.1, 0.15) is 0 Å². The fourth-order valence-electron chi connectivity index (χ4n) is 3.40. The molecule has 0 radical (unpaired) electrons. The summed E-state index contributed by atoms with van der Waals surface area (Å²) in [5, 5.41) is 21.5. The van der Waals surface area contributed by atoms with Crippen molar-refractivity contribution < 1.29 is 18.3 Å². The summed E-state index contributed by atoms with van der Waals surface area (Å²) < 4.78 is 39.8. The Morgan fingerprint density at radius 2 is 1.79 bits per heavy atom. The molecule has 1 aliphatic rings. The maximum Gasteiger partial charge on any atom is 0.418 e. The van der Waals surface area contributed by atoms with Crippen LogP contribution in [0.2, 0.25) is 0 Å². The molecule has 0 atom stereocenters. The number of halogens is 3. The molecule has 0 amide bonds. The number of benzene rings is 2. The van der Waals surface area contributed by atoms with Gasteiger partial charge in [-0.1, -0.05) is 24.3 Å². The van der Waals surface area contributed by atoms with Crippen LogP contribution in [0.5, 0.6) is 0 Å². The van der Waals surface area contributed by atoms with Crippen LogP contribution in [0, 0.1) is 11.3 Å². The van der Waals surface area contributed by atoms with E-state index in [0.29, 0.717) is 6.54 Å². The van der Waals surface area contributed by atoms with E-state index in [2.05, 4.69) is 10.2 Å². The minimum absolute atomic E-state index is 0.0950. The van der Waals surface area contributed by atoms with Gasteiger partial charge in [0, 0.05) is 31.9 Å². The van der Waals surface area contributed by atoms with Gasteiger partial charge >= 0.3 is 6.18 Å². The van der Waals surface area contributed by atoms with E-state index in [-0.39, 0.29) is 23.9 Å². The third-order valence-corrected chi connectivity index (χ3v) is 4.99. The Balaban J connectivity index is 1.76. The highest BCUT2D eigenvalue weighted by Gasteiger charge is 2.33. The van der Waals surface area contributed by atoms with Gasteiger partial charge in [0.25, 0.3) is 0 Å². The van der Waals surface area contributed by atoms with Crippen LogP contribution in [0.1, 0.15) is 35.1 Å². The second-order valence-corrected chi connectivity index (χ2v) is 7.00. The van der Waals surface area contributed by atoms with E-state index in [9.17, 15) is 18.3 Å². The van der Waals surface area contributed by atoms with Crippen molar-refractivity contribution in [3.63, 3.8) is 0 Å². The predicted octanol–water partition coefficient (Wildman–Crippen LogP) is 4.15. The normalized spacial score (nSPS) is 16.0. The topological polar surface area (TPSA) is 59.3 Å². The van der Waals surface area contributed by atoms with E-state index < -0.39 is 11.7 Å². The lowest BCUT2D eigenvalue weighted by Crippen LogP contribution is -2.35. The second-order valence-electron chi connectivity index (χ2n) is 7.00. The molecule has 148 valence electrons. The first-order valence-electron chi connectivity index (χ1n) is 9.19. The molecule has 3 rings (SSSR count). The molecule has 1 saturated heterocycles. The molecule has 2 N–H and O–H groups in total. The zero-order chi connectivity index (χ0) is 20.1. The van der Waals surface area contributed by atoms with Crippen molar-refractivity contribution in [3.05, 3.63) is 64.7 Å². The van der Waals surface area contributed by atoms with Crippen LogP contribution in [0.15, 0.2) is 42.5 Å². The van der Waals surface area contributed by atoms with Crippen molar-refractivity contribution in [1.82, 2.24) is 4.90 Å². The zero-order valence-electron chi connectivity index (χ0n) is 15.3. The number of anilines is 1. The summed E-state index contributed by atoms with van der Waals surface area (Å²) in [7, 11) is 0. The third-order valence-electron chi connectivity index (χ3n) is 4.99. The Morgan fingerprint density at radius 1 is 1.11 bits per heavy atom. The summed E-state index contributed by atoms with van der Waals surface area (Å²) >= 11 is 0. The van der Waals surface area contributed by atoms with Crippen molar-refractivity contribution in [2.24, 2.45) is 0 Å². The Labute approximate surface area is 162 Å². The third kappa shape index (κ3) is 5.03. The lowest BCUT2D eigenvalue weighted by molar-refractivity contribution is -0.137. The molecular weight excluding hydrogens is 367 g/mol. The molecule has 1 heterocycles. The molecule has 1 fully saturated rings. The first-order valence-corrected chi connectivity index (χ1v) is 9.19. The van der Waals surface area contributed by atoms with E-state index >= 15 is 0 Å². The number of nitrogens with zero attached hydrogens (tertiary/aromatic N) is 2. The molecular formula is C21H22F3N3O. The van der Waals surface area contributed by atoms with Gasteiger partial charge in [-0.25, -0.2) is 0 Å². The van der Waals surface area contributed by atoms with E-state index in [1.807, 2.05) is 30.3 Å². The van der Waals surface area contributed by atoms with Crippen molar-refractivity contribution >= 4 is 5.69 Å². The van der Waals surface area contributed by atoms with Gasteiger partial charge in [0.05, 0.1) is 23.3 Å². The van der Waals surface area contributed by atoms with E-state index in [0.717, 1.165) is 43.1 Å². The summed E-state index contributed by atoms with van der Waals surface area (Å²) in [4.78, 5) is 2.24. The molecule has 0 unspecified atom stereocenters. The van der Waals surface area contributed by atoms with Crippen molar-refractivity contribution in [2.75, 3.05) is 18.4 Å². The largest absolute Gasteiger partial charge is 0.418 e. The van der Waals surface area contributed by atoms with Crippen LogP contribution in [0.3, 0.4) is 0 Å².